The molecule has 2 aliphatic rings. The van der Waals surface area contributed by atoms with Crippen molar-refractivity contribution >= 4 is 37.2 Å². The molecule has 2 aromatic heterocycles. The first-order valence-corrected chi connectivity index (χ1v) is 11.0. The van der Waals surface area contributed by atoms with Crippen molar-refractivity contribution < 1.29 is 8.42 Å². The summed E-state index contributed by atoms with van der Waals surface area (Å²) in [6, 6.07) is 0.0482. The molecule has 24 heavy (non-hydrogen) atoms. The number of rotatable bonds is 3. The predicted octanol–water partition coefficient (Wildman–Crippen LogP) is 1.77. The Morgan fingerprint density at radius 3 is 2.83 bits per heavy atom. The van der Waals surface area contributed by atoms with Crippen LogP contribution >= 0.6 is 11.3 Å². The van der Waals surface area contributed by atoms with Gasteiger partial charge in [0.05, 0.1) is 23.4 Å². The Balaban J connectivity index is 1.61. The van der Waals surface area contributed by atoms with Crippen molar-refractivity contribution in [2.24, 2.45) is 0 Å². The number of nitrogen functional groups attached to an aromatic ring is 1. The monoisotopic (exact) mass is 366 g/mol. The van der Waals surface area contributed by atoms with Crippen LogP contribution in [0.5, 0.6) is 0 Å². The van der Waals surface area contributed by atoms with E-state index in [4.69, 9.17) is 10.7 Å². The van der Waals surface area contributed by atoms with E-state index in [2.05, 4.69) is 4.98 Å². The smallest absolute Gasteiger partial charge is 0.151 e. The van der Waals surface area contributed by atoms with Crippen molar-refractivity contribution in [2.45, 2.75) is 44.7 Å². The first-order chi connectivity index (χ1) is 11.4. The third kappa shape index (κ3) is 2.91. The molecule has 0 saturated carbocycles. The minimum atomic E-state index is -2.88. The maximum absolute atomic E-state index is 11.7. The third-order valence-electron chi connectivity index (χ3n) is 5.11. The van der Waals surface area contributed by atoms with Crippen molar-refractivity contribution in [3.63, 3.8) is 0 Å². The van der Waals surface area contributed by atoms with Crippen molar-refractivity contribution in [1.29, 1.82) is 0 Å². The number of hydrogen-bond donors (Lipinski definition) is 1. The lowest BCUT2D eigenvalue weighted by molar-refractivity contribution is 0.248. The molecule has 0 aromatic carbocycles. The average molecular weight is 367 g/mol. The zero-order chi connectivity index (χ0) is 16.9. The molecule has 0 spiro atoms. The molecule has 1 aliphatic heterocycles. The maximum Gasteiger partial charge on any atom is 0.151 e. The van der Waals surface area contributed by atoms with E-state index in [-0.39, 0.29) is 17.5 Å². The van der Waals surface area contributed by atoms with Gasteiger partial charge in [-0.1, -0.05) is 0 Å². The van der Waals surface area contributed by atoms with Gasteiger partial charge in [0.1, 0.15) is 16.5 Å². The number of sulfone groups is 1. The Hall–Kier alpha value is -1.25. The Bertz CT molecular complexity index is 891. The van der Waals surface area contributed by atoms with Crippen molar-refractivity contribution in [2.75, 3.05) is 24.3 Å². The number of nitrogens with zero attached hydrogens (tertiary/aromatic N) is 3. The summed E-state index contributed by atoms with van der Waals surface area (Å²) < 4.78 is 23.3. The summed E-state index contributed by atoms with van der Waals surface area (Å²) >= 11 is 1.74. The van der Waals surface area contributed by atoms with Gasteiger partial charge in [0.25, 0.3) is 0 Å². The van der Waals surface area contributed by atoms with E-state index in [0.29, 0.717) is 24.6 Å². The molecular formula is C16H22N4O2S2. The summed E-state index contributed by atoms with van der Waals surface area (Å²) in [6.07, 6.45) is 5.31. The molecule has 1 unspecified atom stereocenters. The third-order valence-corrected chi connectivity index (χ3v) is 8.05. The van der Waals surface area contributed by atoms with Crippen LogP contribution in [0.3, 0.4) is 0 Å². The average Bonchev–Trinajstić information content (AvgIpc) is 3.07. The van der Waals surface area contributed by atoms with Gasteiger partial charge >= 0.3 is 0 Å². The van der Waals surface area contributed by atoms with Crippen molar-refractivity contribution in [3.05, 3.63) is 16.3 Å². The van der Waals surface area contributed by atoms with Crippen LogP contribution in [0.15, 0.2) is 0 Å². The molecule has 2 aromatic rings. The first kappa shape index (κ1) is 16.2. The van der Waals surface area contributed by atoms with E-state index >= 15 is 0 Å². The number of aromatic nitrogens is 2. The Morgan fingerprint density at radius 2 is 2.08 bits per heavy atom. The SMILES string of the molecule is CN(Cc1nc(N)c2c3c(sc2n1)CCCC3)C1CCS(=O)(=O)C1. The minimum absolute atomic E-state index is 0.0482. The van der Waals surface area contributed by atoms with Crippen molar-refractivity contribution in [3.8, 4) is 0 Å². The second-order valence-electron chi connectivity index (χ2n) is 6.89. The molecule has 0 amide bonds. The Labute approximate surface area is 146 Å². The molecule has 130 valence electrons. The van der Waals surface area contributed by atoms with E-state index in [1.807, 2.05) is 11.9 Å². The van der Waals surface area contributed by atoms with Crippen LogP contribution in [-0.4, -0.2) is 47.9 Å². The second-order valence-corrected chi connectivity index (χ2v) is 10.2. The predicted molar refractivity (Wildman–Crippen MR) is 97.0 cm³/mol. The number of hydrogen-bond acceptors (Lipinski definition) is 7. The van der Waals surface area contributed by atoms with Gasteiger partial charge in [0.2, 0.25) is 0 Å². The topological polar surface area (TPSA) is 89.2 Å². The maximum atomic E-state index is 11.7. The highest BCUT2D eigenvalue weighted by atomic mass is 32.2. The molecule has 4 rings (SSSR count). The number of anilines is 1. The molecule has 3 heterocycles. The second kappa shape index (κ2) is 5.93. The molecule has 6 nitrogen and oxygen atoms in total. The summed E-state index contributed by atoms with van der Waals surface area (Å²) in [6.45, 7) is 0.531. The Morgan fingerprint density at radius 1 is 1.29 bits per heavy atom. The van der Waals surface area contributed by atoms with Gasteiger partial charge in [-0.05, 0) is 44.7 Å². The van der Waals surface area contributed by atoms with Gasteiger partial charge in [-0.2, -0.15) is 0 Å². The largest absolute Gasteiger partial charge is 0.383 e. The van der Waals surface area contributed by atoms with Crippen LogP contribution in [0.25, 0.3) is 10.2 Å². The summed E-state index contributed by atoms with van der Waals surface area (Å²) in [7, 11) is -0.944. The fourth-order valence-corrected chi connectivity index (χ4v) is 6.87. The molecule has 0 bridgehead atoms. The van der Waals surface area contributed by atoms with Gasteiger partial charge in [-0.25, -0.2) is 18.4 Å². The standard InChI is InChI=1S/C16H22N4O2S2/c1-20(10-6-7-24(21,22)9-10)8-13-18-15(17)14-11-4-2-3-5-12(11)23-16(14)19-13/h10H,2-9H2,1H3,(H2,17,18,19). The quantitative estimate of drug-likeness (QED) is 0.890. The van der Waals surface area contributed by atoms with E-state index in [1.54, 1.807) is 11.3 Å². The summed E-state index contributed by atoms with van der Waals surface area (Å²) in [5.41, 5.74) is 7.59. The van der Waals surface area contributed by atoms with Crippen LogP contribution in [0, 0.1) is 0 Å². The van der Waals surface area contributed by atoms with Crippen molar-refractivity contribution in [1.82, 2.24) is 14.9 Å². The van der Waals surface area contributed by atoms with Gasteiger partial charge in [0.15, 0.2) is 9.84 Å². The van der Waals surface area contributed by atoms with Crippen LogP contribution in [0.1, 0.15) is 35.5 Å². The molecular weight excluding hydrogens is 344 g/mol. The lowest BCUT2D eigenvalue weighted by atomic mass is 9.97. The van der Waals surface area contributed by atoms with Gasteiger partial charge < -0.3 is 5.73 Å². The van der Waals surface area contributed by atoms with Crippen LogP contribution < -0.4 is 5.73 Å². The molecule has 8 heteroatoms. The van der Waals surface area contributed by atoms with E-state index in [1.165, 1.54) is 23.3 Å². The van der Waals surface area contributed by atoms with E-state index < -0.39 is 9.84 Å². The first-order valence-electron chi connectivity index (χ1n) is 8.40. The zero-order valence-corrected chi connectivity index (χ0v) is 15.4. The number of nitrogens with two attached hydrogens (primary N) is 1. The highest BCUT2D eigenvalue weighted by Gasteiger charge is 2.31. The fourth-order valence-electron chi connectivity index (χ4n) is 3.78. The van der Waals surface area contributed by atoms with Gasteiger partial charge in [-0.3, -0.25) is 4.90 Å². The molecule has 1 aliphatic carbocycles. The lowest BCUT2D eigenvalue weighted by Crippen LogP contribution is -2.32. The summed E-state index contributed by atoms with van der Waals surface area (Å²) in [5.74, 6) is 1.77. The number of fused-ring (bicyclic) bond motifs is 3. The highest BCUT2D eigenvalue weighted by molar-refractivity contribution is 7.91. The number of thiophene rings is 1. The lowest BCUT2D eigenvalue weighted by Gasteiger charge is -2.22. The molecule has 1 atom stereocenters. The molecule has 1 saturated heterocycles. The normalized spacial score (nSPS) is 23.0. The van der Waals surface area contributed by atoms with Gasteiger partial charge in [-0.15, -0.1) is 11.3 Å². The fraction of sp³-hybridized carbons (Fsp3) is 0.625. The summed E-state index contributed by atoms with van der Waals surface area (Å²) in [5, 5.41) is 1.05. The molecule has 1 fully saturated rings. The molecule has 2 N–H and O–H groups in total. The Kier molecular flexibility index (Phi) is 4.01. The molecule has 0 radical (unpaired) electrons. The number of aryl methyl sites for hydroxylation is 2. The summed E-state index contributed by atoms with van der Waals surface area (Å²) in [4.78, 5) is 13.7. The van der Waals surface area contributed by atoms with E-state index in [0.717, 1.165) is 23.1 Å². The minimum Gasteiger partial charge on any atom is -0.383 e. The van der Waals surface area contributed by atoms with Crippen LogP contribution in [-0.2, 0) is 29.2 Å². The van der Waals surface area contributed by atoms with Crippen LogP contribution in [0.4, 0.5) is 5.82 Å². The van der Waals surface area contributed by atoms with Crippen LogP contribution in [0.2, 0.25) is 0 Å². The zero-order valence-electron chi connectivity index (χ0n) is 13.8. The van der Waals surface area contributed by atoms with E-state index in [9.17, 15) is 8.42 Å². The van der Waals surface area contributed by atoms with Gasteiger partial charge in [0, 0.05) is 10.9 Å². The highest BCUT2D eigenvalue weighted by Crippen LogP contribution is 2.37.